The van der Waals surface area contributed by atoms with Crippen LogP contribution in [0.2, 0.25) is 0 Å². The van der Waals surface area contributed by atoms with E-state index in [1.165, 1.54) is 7.05 Å². The summed E-state index contributed by atoms with van der Waals surface area (Å²) in [5, 5.41) is 25.2. The average molecular weight is 407 g/mol. The molecule has 0 unspecified atom stereocenters. The zero-order chi connectivity index (χ0) is 21.4. The SMILES string of the molecule is [B]N(C)C(=O)OCc1ccc(O[C@H]2OC[C@@H](O)C[C@H]2O)c(NC(=O)CCNC)c1. The fourth-order valence-electron chi connectivity index (χ4n) is 2.58. The molecular weight excluding hydrogens is 381 g/mol. The summed E-state index contributed by atoms with van der Waals surface area (Å²) < 4.78 is 16.1. The van der Waals surface area contributed by atoms with Crippen molar-refractivity contribution in [3.05, 3.63) is 23.8 Å². The number of aliphatic hydroxyl groups is 2. The maximum Gasteiger partial charge on any atom is 0.396 e. The Morgan fingerprint density at radius 1 is 1.38 bits per heavy atom. The van der Waals surface area contributed by atoms with Crippen molar-refractivity contribution >= 4 is 25.7 Å². The van der Waals surface area contributed by atoms with Crippen LogP contribution in [0.4, 0.5) is 10.5 Å². The minimum Gasteiger partial charge on any atom is -0.460 e. The van der Waals surface area contributed by atoms with E-state index in [1.54, 1.807) is 25.2 Å². The molecule has 0 aromatic heterocycles. The predicted molar refractivity (Wildman–Crippen MR) is 104 cm³/mol. The van der Waals surface area contributed by atoms with E-state index >= 15 is 0 Å². The Balaban J connectivity index is 2.14. The number of hydrogen-bond acceptors (Lipinski definition) is 8. The lowest BCUT2D eigenvalue weighted by Crippen LogP contribution is -2.44. The van der Waals surface area contributed by atoms with Gasteiger partial charge >= 0.3 is 6.09 Å². The number of aliphatic hydroxyl groups excluding tert-OH is 2. The first kappa shape index (κ1) is 22.9. The van der Waals surface area contributed by atoms with E-state index in [-0.39, 0.29) is 37.7 Å². The topological polar surface area (TPSA) is 130 Å². The number of ether oxygens (including phenoxy) is 3. The first-order valence-corrected chi connectivity index (χ1v) is 9.17. The summed E-state index contributed by atoms with van der Waals surface area (Å²) in [5.41, 5.74) is 0.930. The summed E-state index contributed by atoms with van der Waals surface area (Å²) in [7, 11) is 8.41. The lowest BCUT2D eigenvalue weighted by Gasteiger charge is -2.31. The Morgan fingerprint density at radius 2 is 2.14 bits per heavy atom. The standard InChI is InChI=1S/C18H26BN3O7/c1-20-6-5-16(25)21-13-7-11(9-28-18(26)22(2)19)3-4-15(13)29-17-14(24)8-12(23)10-27-17/h3-4,7,12,14,17,20,23-24H,5-6,8-10H2,1-2H3,(H,21,25)/t12-,14+,17+/m0/s1. The molecule has 1 fully saturated rings. The van der Waals surface area contributed by atoms with Crippen molar-refractivity contribution in [2.75, 3.05) is 32.6 Å². The van der Waals surface area contributed by atoms with Crippen LogP contribution >= 0.6 is 0 Å². The number of hydrogen-bond donors (Lipinski definition) is 4. The smallest absolute Gasteiger partial charge is 0.396 e. The summed E-state index contributed by atoms with van der Waals surface area (Å²) >= 11 is 0. The Bertz CT molecular complexity index is 704. The van der Waals surface area contributed by atoms with Gasteiger partial charge in [-0.25, -0.2) is 4.79 Å². The van der Waals surface area contributed by atoms with Gasteiger partial charge in [0.15, 0.2) is 0 Å². The molecule has 1 aromatic carbocycles. The van der Waals surface area contributed by atoms with Gasteiger partial charge in [-0.15, -0.1) is 0 Å². The Labute approximate surface area is 170 Å². The molecule has 4 N–H and O–H groups in total. The van der Waals surface area contributed by atoms with Crippen LogP contribution < -0.4 is 15.4 Å². The van der Waals surface area contributed by atoms with Gasteiger partial charge in [0.05, 0.1) is 18.4 Å². The highest BCUT2D eigenvalue weighted by molar-refractivity contribution is 6.12. The Hall–Kier alpha value is -2.34. The van der Waals surface area contributed by atoms with E-state index < -0.39 is 24.6 Å². The molecule has 0 aliphatic carbocycles. The summed E-state index contributed by atoms with van der Waals surface area (Å²) in [5.74, 6) is 0.0230. The molecule has 2 amide bonds. The molecule has 0 spiro atoms. The van der Waals surface area contributed by atoms with Crippen molar-refractivity contribution in [2.45, 2.75) is 37.9 Å². The summed E-state index contributed by atoms with van der Waals surface area (Å²) in [6.45, 7) is 0.464. The zero-order valence-electron chi connectivity index (χ0n) is 16.5. The van der Waals surface area contributed by atoms with Gasteiger partial charge in [0.2, 0.25) is 20.2 Å². The molecule has 1 saturated heterocycles. The second kappa shape index (κ2) is 11.0. The summed E-state index contributed by atoms with van der Waals surface area (Å²) in [4.78, 5) is 24.5. The third-order valence-corrected chi connectivity index (χ3v) is 4.09. The van der Waals surface area contributed by atoms with E-state index in [4.69, 9.17) is 22.2 Å². The molecule has 2 rings (SSSR count). The lowest BCUT2D eigenvalue weighted by molar-refractivity contribution is -0.198. The quantitative estimate of drug-likeness (QED) is 0.434. The second-order valence-electron chi connectivity index (χ2n) is 6.67. The number of benzene rings is 1. The largest absolute Gasteiger partial charge is 0.460 e. The first-order valence-electron chi connectivity index (χ1n) is 9.17. The zero-order valence-corrected chi connectivity index (χ0v) is 16.5. The molecule has 0 bridgehead atoms. The minimum absolute atomic E-state index is 0.0340. The van der Waals surface area contributed by atoms with E-state index in [9.17, 15) is 19.8 Å². The molecule has 158 valence electrons. The van der Waals surface area contributed by atoms with Crippen LogP contribution in [0.3, 0.4) is 0 Å². The summed E-state index contributed by atoms with van der Waals surface area (Å²) in [6, 6.07) is 4.82. The fraction of sp³-hybridized carbons (Fsp3) is 0.556. The van der Waals surface area contributed by atoms with Crippen LogP contribution in [0.5, 0.6) is 5.75 Å². The van der Waals surface area contributed by atoms with E-state index in [2.05, 4.69) is 10.6 Å². The van der Waals surface area contributed by atoms with Gasteiger partial charge in [-0.05, 0) is 31.8 Å². The van der Waals surface area contributed by atoms with Gasteiger partial charge in [0.1, 0.15) is 18.5 Å². The highest BCUT2D eigenvalue weighted by atomic mass is 16.7. The number of amides is 2. The number of anilines is 1. The number of nitrogens with zero attached hydrogens (tertiary/aromatic N) is 1. The molecule has 1 aliphatic heterocycles. The third kappa shape index (κ3) is 7.20. The molecule has 2 radical (unpaired) electrons. The van der Waals surface area contributed by atoms with Crippen molar-refractivity contribution in [3.63, 3.8) is 0 Å². The molecular formula is C18H26BN3O7. The van der Waals surface area contributed by atoms with Crippen molar-refractivity contribution in [3.8, 4) is 5.75 Å². The van der Waals surface area contributed by atoms with Crippen LogP contribution in [0, 0.1) is 0 Å². The highest BCUT2D eigenvalue weighted by Gasteiger charge is 2.31. The van der Waals surface area contributed by atoms with Crippen LogP contribution in [0.1, 0.15) is 18.4 Å². The predicted octanol–water partition coefficient (Wildman–Crippen LogP) is -0.266. The van der Waals surface area contributed by atoms with Gasteiger partial charge in [-0.2, -0.15) is 0 Å². The van der Waals surface area contributed by atoms with Gasteiger partial charge in [0, 0.05) is 19.4 Å². The monoisotopic (exact) mass is 407 g/mol. The van der Waals surface area contributed by atoms with E-state index in [1.807, 2.05) is 0 Å². The number of carbonyl (C=O) groups is 2. The number of nitrogens with one attached hydrogen (secondary N) is 2. The first-order chi connectivity index (χ1) is 13.8. The molecule has 1 aromatic rings. The third-order valence-electron chi connectivity index (χ3n) is 4.09. The van der Waals surface area contributed by atoms with Crippen molar-refractivity contribution in [2.24, 2.45) is 0 Å². The second-order valence-corrected chi connectivity index (χ2v) is 6.67. The maximum atomic E-state index is 12.2. The number of carbonyl (C=O) groups excluding carboxylic acids is 2. The van der Waals surface area contributed by atoms with Crippen molar-refractivity contribution in [1.82, 2.24) is 10.1 Å². The van der Waals surface area contributed by atoms with Crippen molar-refractivity contribution < 1.29 is 34.0 Å². The van der Waals surface area contributed by atoms with E-state index in [0.29, 0.717) is 17.8 Å². The van der Waals surface area contributed by atoms with E-state index in [0.717, 1.165) is 4.81 Å². The summed E-state index contributed by atoms with van der Waals surface area (Å²) in [6.07, 6.45) is -3.12. The molecule has 0 saturated carbocycles. The molecule has 1 aliphatic rings. The molecule has 29 heavy (non-hydrogen) atoms. The minimum atomic E-state index is -1.02. The van der Waals surface area contributed by atoms with Crippen LogP contribution in [0.15, 0.2) is 18.2 Å². The Kier molecular flexibility index (Phi) is 8.71. The van der Waals surface area contributed by atoms with Crippen LogP contribution in [-0.2, 0) is 20.9 Å². The molecule has 11 heteroatoms. The van der Waals surface area contributed by atoms with Crippen LogP contribution in [-0.4, -0.2) is 80.8 Å². The average Bonchev–Trinajstić information content (AvgIpc) is 2.67. The van der Waals surface area contributed by atoms with Gasteiger partial charge in [-0.1, -0.05) is 6.07 Å². The highest BCUT2D eigenvalue weighted by Crippen LogP contribution is 2.29. The van der Waals surface area contributed by atoms with Gasteiger partial charge in [-0.3, -0.25) is 4.79 Å². The molecule has 1 heterocycles. The van der Waals surface area contributed by atoms with Crippen molar-refractivity contribution in [1.29, 1.82) is 0 Å². The van der Waals surface area contributed by atoms with Gasteiger partial charge in [0.25, 0.3) is 0 Å². The van der Waals surface area contributed by atoms with Gasteiger partial charge < -0.3 is 39.9 Å². The fourth-order valence-corrected chi connectivity index (χ4v) is 2.58. The molecule has 3 atom stereocenters. The lowest BCUT2D eigenvalue weighted by atomic mass is 10.1. The maximum absolute atomic E-state index is 12.2. The Morgan fingerprint density at radius 3 is 2.79 bits per heavy atom. The normalized spacial score (nSPS) is 21.3. The number of rotatable bonds is 8. The molecule has 10 nitrogen and oxygen atoms in total. The van der Waals surface area contributed by atoms with Crippen LogP contribution in [0.25, 0.3) is 0 Å².